The number of hydrogen-bond acceptors (Lipinski definition) is 2. The van der Waals surface area contributed by atoms with E-state index in [-0.39, 0.29) is 5.92 Å². The van der Waals surface area contributed by atoms with Crippen LogP contribution in [-0.2, 0) is 6.42 Å². The molecule has 0 bridgehead atoms. The Kier molecular flexibility index (Phi) is 2.47. The minimum Gasteiger partial charge on any atom is -0.388 e. The Hall–Kier alpha value is -1.64. The molecule has 0 saturated carbocycles. The minimum atomic E-state index is -0.391. The van der Waals surface area contributed by atoms with Gasteiger partial charge in [0.05, 0.1) is 6.10 Å². The number of aliphatic hydroxyl groups excluding tert-OH is 1. The van der Waals surface area contributed by atoms with E-state index in [2.05, 4.69) is 47.8 Å². The van der Waals surface area contributed by atoms with E-state index in [1.807, 2.05) is 6.07 Å². The van der Waals surface area contributed by atoms with Gasteiger partial charge in [-0.15, -0.1) is 11.3 Å². The van der Waals surface area contributed by atoms with Crippen LogP contribution in [-0.4, -0.2) is 5.11 Å². The first-order chi connectivity index (χ1) is 9.34. The summed E-state index contributed by atoms with van der Waals surface area (Å²) in [6.45, 7) is 0. The normalized spacial score (nSPS) is 18.9. The van der Waals surface area contributed by atoms with Gasteiger partial charge in [-0.05, 0) is 39.9 Å². The number of aliphatic hydroxyl groups is 1. The highest BCUT2D eigenvalue weighted by atomic mass is 32.1. The van der Waals surface area contributed by atoms with Crippen molar-refractivity contribution in [2.75, 3.05) is 0 Å². The maximum absolute atomic E-state index is 10.7. The summed E-state index contributed by atoms with van der Waals surface area (Å²) in [5.74, 6) is 0.254. The molecule has 1 heterocycles. The smallest absolute Gasteiger partial charge is 0.0875 e. The molecule has 0 aliphatic heterocycles. The van der Waals surface area contributed by atoms with Crippen LogP contribution in [0.4, 0.5) is 0 Å². The molecular weight excluding hydrogens is 252 g/mol. The third-order valence-electron chi connectivity index (χ3n) is 4.10. The van der Waals surface area contributed by atoms with Crippen LogP contribution in [0.3, 0.4) is 0 Å². The van der Waals surface area contributed by atoms with Gasteiger partial charge in [-0.1, -0.05) is 42.5 Å². The van der Waals surface area contributed by atoms with E-state index in [1.165, 1.54) is 21.2 Å². The summed E-state index contributed by atoms with van der Waals surface area (Å²) in [4.78, 5) is 0. The fourth-order valence-electron chi connectivity index (χ4n) is 3.05. The zero-order chi connectivity index (χ0) is 12.8. The van der Waals surface area contributed by atoms with Crippen LogP contribution in [0.25, 0.3) is 10.1 Å². The van der Waals surface area contributed by atoms with Crippen molar-refractivity contribution >= 4 is 21.4 Å². The van der Waals surface area contributed by atoms with E-state index in [0.717, 1.165) is 12.0 Å². The van der Waals surface area contributed by atoms with Crippen molar-refractivity contribution in [1.82, 2.24) is 0 Å². The molecule has 1 nitrogen and oxygen atoms in total. The molecule has 19 heavy (non-hydrogen) atoms. The molecule has 0 spiro atoms. The number of fused-ring (bicyclic) bond motifs is 2. The number of rotatable bonds is 2. The molecule has 2 aromatic carbocycles. The zero-order valence-electron chi connectivity index (χ0n) is 10.4. The summed E-state index contributed by atoms with van der Waals surface area (Å²) in [5.41, 5.74) is 3.76. The highest BCUT2D eigenvalue weighted by Gasteiger charge is 2.33. The van der Waals surface area contributed by atoms with Crippen LogP contribution in [0.5, 0.6) is 0 Å². The van der Waals surface area contributed by atoms with Crippen LogP contribution in [0, 0.1) is 0 Å². The van der Waals surface area contributed by atoms with Crippen molar-refractivity contribution in [2.24, 2.45) is 0 Å². The van der Waals surface area contributed by atoms with Crippen molar-refractivity contribution in [1.29, 1.82) is 0 Å². The second kappa shape index (κ2) is 4.19. The molecular formula is C17H14OS. The average Bonchev–Trinajstić information content (AvgIpc) is 2.88. The first-order valence-electron chi connectivity index (χ1n) is 6.56. The predicted molar refractivity (Wildman–Crippen MR) is 79.7 cm³/mol. The van der Waals surface area contributed by atoms with Crippen LogP contribution in [0.2, 0.25) is 0 Å². The molecule has 2 heteroatoms. The maximum Gasteiger partial charge on any atom is 0.0875 e. The van der Waals surface area contributed by atoms with E-state index in [0.29, 0.717) is 0 Å². The van der Waals surface area contributed by atoms with Gasteiger partial charge >= 0.3 is 0 Å². The summed E-state index contributed by atoms with van der Waals surface area (Å²) >= 11 is 1.72. The van der Waals surface area contributed by atoms with Gasteiger partial charge in [-0.25, -0.2) is 0 Å². The van der Waals surface area contributed by atoms with Crippen molar-refractivity contribution in [3.05, 3.63) is 70.6 Å². The van der Waals surface area contributed by atoms with Crippen molar-refractivity contribution < 1.29 is 5.11 Å². The molecule has 1 aliphatic rings. The van der Waals surface area contributed by atoms with Gasteiger partial charge in [0, 0.05) is 10.6 Å². The molecule has 1 N–H and O–H groups in total. The van der Waals surface area contributed by atoms with Gasteiger partial charge in [0.25, 0.3) is 0 Å². The summed E-state index contributed by atoms with van der Waals surface area (Å²) in [7, 11) is 0. The number of thiophene rings is 1. The van der Waals surface area contributed by atoms with E-state index in [9.17, 15) is 5.11 Å². The van der Waals surface area contributed by atoms with E-state index >= 15 is 0 Å². The lowest BCUT2D eigenvalue weighted by Gasteiger charge is -2.34. The zero-order valence-corrected chi connectivity index (χ0v) is 11.2. The third-order valence-corrected chi connectivity index (χ3v) is 5.08. The molecule has 0 fully saturated rings. The quantitative estimate of drug-likeness (QED) is 0.734. The summed E-state index contributed by atoms with van der Waals surface area (Å²) in [5, 5.41) is 14.0. The van der Waals surface area contributed by atoms with Crippen LogP contribution in [0.1, 0.15) is 28.7 Å². The van der Waals surface area contributed by atoms with Gasteiger partial charge in [0.1, 0.15) is 0 Å². The summed E-state index contributed by atoms with van der Waals surface area (Å²) in [6.07, 6.45) is 0.594. The Balaban J connectivity index is 1.76. The SMILES string of the molecule is OC(c1cccc2ccsc12)C1Cc2ccccc21. The highest BCUT2D eigenvalue weighted by Crippen LogP contribution is 2.45. The fraction of sp³-hybridized carbons (Fsp3) is 0.176. The molecule has 0 radical (unpaired) electrons. The van der Waals surface area contributed by atoms with Gasteiger partial charge in [-0.3, -0.25) is 0 Å². The van der Waals surface area contributed by atoms with Gasteiger partial charge in [-0.2, -0.15) is 0 Å². The molecule has 4 rings (SSSR count). The lowest BCUT2D eigenvalue weighted by Crippen LogP contribution is -2.23. The van der Waals surface area contributed by atoms with E-state index in [4.69, 9.17) is 0 Å². The minimum absolute atomic E-state index is 0.254. The molecule has 2 unspecified atom stereocenters. The highest BCUT2D eigenvalue weighted by molar-refractivity contribution is 7.17. The average molecular weight is 266 g/mol. The fourth-order valence-corrected chi connectivity index (χ4v) is 3.99. The molecule has 1 aliphatic carbocycles. The lowest BCUT2D eigenvalue weighted by atomic mass is 9.73. The first-order valence-corrected chi connectivity index (χ1v) is 7.44. The molecule has 3 aromatic rings. The summed E-state index contributed by atoms with van der Waals surface area (Å²) < 4.78 is 1.22. The van der Waals surface area contributed by atoms with Crippen LogP contribution >= 0.6 is 11.3 Å². The topological polar surface area (TPSA) is 20.2 Å². The number of benzene rings is 2. The Labute approximate surface area is 116 Å². The maximum atomic E-state index is 10.7. The van der Waals surface area contributed by atoms with E-state index < -0.39 is 6.10 Å². The third kappa shape index (κ3) is 1.64. The largest absolute Gasteiger partial charge is 0.388 e. The molecule has 2 atom stereocenters. The Bertz CT molecular complexity index is 744. The summed E-state index contributed by atoms with van der Waals surface area (Å²) in [6, 6.07) is 16.8. The Morgan fingerprint density at radius 2 is 1.95 bits per heavy atom. The van der Waals surface area contributed by atoms with Gasteiger partial charge in [0.15, 0.2) is 0 Å². The van der Waals surface area contributed by atoms with Crippen LogP contribution < -0.4 is 0 Å². The molecule has 94 valence electrons. The van der Waals surface area contributed by atoms with Crippen molar-refractivity contribution in [3.8, 4) is 0 Å². The standard InChI is InChI=1S/C17H14OS/c18-16(15-10-12-4-1-2-6-13(12)15)14-7-3-5-11-8-9-19-17(11)14/h1-9,15-16,18H,10H2. The lowest BCUT2D eigenvalue weighted by molar-refractivity contribution is 0.136. The monoisotopic (exact) mass is 266 g/mol. The molecule has 0 amide bonds. The Morgan fingerprint density at radius 3 is 2.84 bits per heavy atom. The van der Waals surface area contributed by atoms with Gasteiger partial charge < -0.3 is 5.11 Å². The van der Waals surface area contributed by atoms with Crippen LogP contribution in [0.15, 0.2) is 53.9 Å². The van der Waals surface area contributed by atoms with Crippen molar-refractivity contribution in [3.63, 3.8) is 0 Å². The van der Waals surface area contributed by atoms with Gasteiger partial charge in [0.2, 0.25) is 0 Å². The van der Waals surface area contributed by atoms with E-state index in [1.54, 1.807) is 11.3 Å². The van der Waals surface area contributed by atoms with Crippen molar-refractivity contribution in [2.45, 2.75) is 18.4 Å². The number of hydrogen-bond donors (Lipinski definition) is 1. The second-order valence-corrected chi connectivity index (χ2v) is 6.06. The molecule has 0 saturated heterocycles. The molecule has 1 aromatic heterocycles. The first kappa shape index (κ1) is 11.2. The predicted octanol–water partition coefficient (Wildman–Crippen LogP) is 4.27. The Morgan fingerprint density at radius 1 is 1.05 bits per heavy atom. The second-order valence-electron chi connectivity index (χ2n) is 5.14.